The van der Waals surface area contributed by atoms with Crippen LogP contribution in [-0.2, 0) is 9.59 Å². The van der Waals surface area contributed by atoms with Gasteiger partial charge in [0, 0.05) is 38.3 Å². The second-order valence-corrected chi connectivity index (χ2v) is 5.93. The highest BCUT2D eigenvalue weighted by Crippen LogP contribution is 2.21. The maximum atomic E-state index is 12.4. The number of hydrogen-bond acceptors (Lipinski definition) is 3. The molecule has 1 saturated heterocycles. The summed E-state index contributed by atoms with van der Waals surface area (Å²) in [6.45, 7) is 1.25. The molecule has 1 atom stereocenters. The molecule has 24 heavy (non-hydrogen) atoms. The predicted molar refractivity (Wildman–Crippen MR) is 91.1 cm³/mol. The van der Waals surface area contributed by atoms with Gasteiger partial charge in [0.25, 0.3) is 0 Å². The molecule has 1 aromatic heterocycles. The normalized spacial score (nSPS) is 15.3. The van der Waals surface area contributed by atoms with E-state index in [1.807, 2.05) is 42.5 Å². The van der Waals surface area contributed by atoms with Crippen LogP contribution in [0.4, 0.5) is 0 Å². The van der Waals surface area contributed by atoms with Crippen molar-refractivity contribution in [1.82, 2.24) is 15.2 Å². The summed E-state index contributed by atoms with van der Waals surface area (Å²) in [6, 6.07) is 13.5. The lowest BCUT2D eigenvalue weighted by Gasteiger charge is -2.21. The average Bonchev–Trinajstić information content (AvgIpc) is 3.04. The van der Waals surface area contributed by atoms with Crippen molar-refractivity contribution in [2.75, 3.05) is 13.1 Å². The van der Waals surface area contributed by atoms with Gasteiger partial charge in [-0.3, -0.25) is 14.6 Å². The van der Waals surface area contributed by atoms with E-state index in [-0.39, 0.29) is 17.9 Å². The number of nitrogens with one attached hydrogen (secondary N) is 1. The number of aromatic nitrogens is 1. The van der Waals surface area contributed by atoms with Crippen LogP contribution in [0.5, 0.6) is 0 Å². The molecule has 0 radical (unpaired) electrons. The lowest BCUT2D eigenvalue weighted by atomic mass is 9.99. The molecule has 5 nitrogen and oxygen atoms in total. The van der Waals surface area contributed by atoms with Gasteiger partial charge in [-0.05, 0) is 29.7 Å². The van der Waals surface area contributed by atoms with Crippen molar-refractivity contribution in [3.8, 4) is 0 Å². The Bertz CT molecular complexity index is 649. The summed E-state index contributed by atoms with van der Waals surface area (Å²) in [5.74, 6) is 0.0944. The lowest BCUT2D eigenvalue weighted by Crippen LogP contribution is -2.34. The largest absolute Gasteiger partial charge is 0.345 e. The molecule has 2 amide bonds. The third-order valence-electron chi connectivity index (χ3n) is 4.26. The Morgan fingerprint density at radius 2 is 1.83 bits per heavy atom. The fraction of sp³-hybridized carbons (Fsp3) is 0.316. The molecule has 2 aromatic rings. The SMILES string of the molecule is O=C(CCN1CCCC1=O)N[C@@H](c1ccccc1)c1ccncc1. The summed E-state index contributed by atoms with van der Waals surface area (Å²) in [5, 5.41) is 3.08. The van der Waals surface area contributed by atoms with Gasteiger partial charge in [-0.1, -0.05) is 30.3 Å². The van der Waals surface area contributed by atoms with E-state index in [1.54, 1.807) is 17.3 Å². The van der Waals surface area contributed by atoms with Crippen molar-refractivity contribution >= 4 is 11.8 Å². The van der Waals surface area contributed by atoms with Crippen LogP contribution in [0.1, 0.15) is 36.4 Å². The molecule has 124 valence electrons. The number of nitrogens with zero attached hydrogens (tertiary/aromatic N) is 2. The van der Waals surface area contributed by atoms with Crippen LogP contribution < -0.4 is 5.32 Å². The Kier molecular flexibility index (Phi) is 5.21. The van der Waals surface area contributed by atoms with E-state index in [9.17, 15) is 9.59 Å². The Hall–Kier alpha value is -2.69. The predicted octanol–water partition coefficient (Wildman–Crippen LogP) is 2.30. The highest BCUT2D eigenvalue weighted by Gasteiger charge is 2.22. The van der Waals surface area contributed by atoms with Gasteiger partial charge in [-0.15, -0.1) is 0 Å². The maximum absolute atomic E-state index is 12.4. The van der Waals surface area contributed by atoms with Gasteiger partial charge < -0.3 is 10.2 Å². The van der Waals surface area contributed by atoms with Gasteiger partial charge in [0.1, 0.15) is 0 Å². The molecule has 0 unspecified atom stereocenters. The van der Waals surface area contributed by atoms with E-state index < -0.39 is 0 Å². The Morgan fingerprint density at radius 3 is 2.50 bits per heavy atom. The van der Waals surface area contributed by atoms with Crippen molar-refractivity contribution in [3.05, 3.63) is 66.0 Å². The number of pyridine rings is 1. The number of carbonyl (C=O) groups excluding carboxylic acids is 2. The Morgan fingerprint density at radius 1 is 1.12 bits per heavy atom. The number of rotatable bonds is 6. The highest BCUT2D eigenvalue weighted by molar-refractivity contribution is 5.80. The second-order valence-electron chi connectivity index (χ2n) is 5.93. The molecular formula is C19H21N3O2. The summed E-state index contributed by atoms with van der Waals surface area (Å²) >= 11 is 0. The molecule has 5 heteroatoms. The maximum Gasteiger partial charge on any atom is 0.222 e. The first-order chi connectivity index (χ1) is 11.7. The quantitative estimate of drug-likeness (QED) is 0.887. The van der Waals surface area contributed by atoms with Crippen molar-refractivity contribution < 1.29 is 9.59 Å². The smallest absolute Gasteiger partial charge is 0.222 e. The van der Waals surface area contributed by atoms with Crippen LogP contribution in [0, 0.1) is 0 Å². The number of likely N-dealkylation sites (tertiary alicyclic amines) is 1. The summed E-state index contributed by atoms with van der Waals surface area (Å²) in [5.41, 5.74) is 2.01. The van der Waals surface area contributed by atoms with Gasteiger partial charge in [-0.2, -0.15) is 0 Å². The van der Waals surface area contributed by atoms with Crippen LogP contribution >= 0.6 is 0 Å². The van der Waals surface area contributed by atoms with Gasteiger partial charge in [0.15, 0.2) is 0 Å². The van der Waals surface area contributed by atoms with Crippen molar-refractivity contribution in [3.63, 3.8) is 0 Å². The first kappa shape index (κ1) is 16.2. The Labute approximate surface area is 141 Å². The van der Waals surface area contributed by atoms with Crippen LogP contribution in [0.3, 0.4) is 0 Å². The van der Waals surface area contributed by atoms with Crippen molar-refractivity contribution in [2.45, 2.75) is 25.3 Å². The minimum atomic E-state index is -0.212. The molecule has 0 saturated carbocycles. The third-order valence-corrected chi connectivity index (χ3v) is 4.26. The fourth-order valence-corrected chi connectivity index (χ4v) is 2.97. The molecule has 2 heterocycles. The molecule has 0 spiro atoms. The van der Waals surface area contributed by atoms with Crippen LogP contribution in [0.25, 0.3) is 0 Å². The number of benzene rings is 1. The monoisotopic (exact) mass is 323 g/mol. The first-order valence-corrected chi connectivity index (χ1v) is 8.26. The van der Waals surface area contributed by atoms with E-state index in [2.05, 4.69) is 10.3 Å². The summed E-state index contributed by atoms with van der Waals surface area (Å²) in [6.07, 6.45) is 5.26. The van der Waals surface area contributed by atoms with E-state index >= 15 is 0 Å². The number of carbonyl (C=O) groups is 2. The standard InChI is InChI=1S/C19H21N3O2/c23-17(10-14-22-13-4-7-18(22)24)21-19(15-5-2-1-3-6-15)16-8-11-20-12-9-16/h1-3,5-6,8-9,11-12,19H,4,7,10,13-14H2,(H,21,23)/t19-/m0/s1. The second kappa shape index (κ2) is 7.73. The fourth-order valence-electron chi connectivity index (χ4n) is 2.97. The van der Waals surface area contributed by atoms with Crippen LogP contribution in [-0.4, -0.2) is 34.8 Å². The molecule has 1 aliphatic rings. The number of amides is 2. The van der Waals surface area contributed by atoms with Gasteiger partial charge in [0.2, 0.25) is 11.8 Å². The third kappa shape index (κ3) is 3.98. The zero-order valence-electron chi connectivity index (χ0n) is 13.5. The van der Waals surface area contributed by atoms with Crippen molar-refractivity contribution in [1.29, 1.82) is 0 Å². The van der Waals surface area contributed by atoms with Crippen molar-refractivity contribution in [2.24, 2.45) is 0 Å². The molecule has 1 aromatic carbocycles. The first-order valence-electron chi connectivity index (χ1n) is 8.26. The number of hydrogen-bond donors (Lipinski definition) is 1. The molecule has 0 bridgehead atoms. The molecule has 1 N–H and O–H groups in total. The zero-order chi connectivity index (χ0) is 16.8. The molecule has 3 rings (SSSR count). The summed E-state index contributed by atoms with van der Waals surface area (Å²) in [4.78, 5) is 29.8. The van der Waals surface area contributed by atoms with Gasteiger partial charge in [-0.25, -0.2) is 0 Å². The lowest BCUT2D eigenvalue weighted by molar-refractivity contribution is -0.128. The van der Waals surface area contributed by atoms with E-state index in [0.29, 0.717) is 19.4 Å². The van der Waals surface area contributed by atoms with E-state index in [0.717, 1.165) is 24.1 Å². The van der Waals surface area contributed by atoms with Gasteiger partial charge in [0.05, 0.1) is 6.04 Å². The molecule has 1 aliphatic heterocycles. The average molecular weight is 323 g/mol. The van der Waals surface area contributed by atoms with E-state index in [1.165, 1.54) is 0 Å². The topological polar surface area (TPSA) is 62.3 Å². The van der Waals surface area contributed by atoms with E-state index in [4.69, 9.17) is 0 Å². The highest BCUT2D eigenvalue weighted by atomic mass is 16.2. The molecule has 1 fully saturated rings. The molecular weight excluding hydrogens is 302 g/mol. The minimum absolute atomic E-state index is 0.0552. The van der Waals surface area contributed by atoms with Crippen LogP contribution in [0.15, 0.2) is 54.9 Å². The molecule has 0 aliphatic carbocycles. The summed E-state index contributed by atoms with van der Waals surface area (Å²) in [7, 11) is 0. The zero-order valence-corrected chi connectivity index (χ0v) is 13.5. The summed E-state index contributed by atoms with van der Waals surface area (Å²) < 4.78 is 0. The Balaban J connectivity index is 1.68. The van der Waals surface area contributed by atoms with Crippen LogP contribution in [0.2, 0.25) is 0 Å². The van der Waals surface area contributed by atoms with Gasteiger partial charge >= 0.3 is 0 Å². The minimum Gasteiger partial charge on any atom is -0.345 e.